The van der Waals surface area contributed by atoms with Gasteiger partial charge in [-0.25, -0.2) is 0 Å². The van der Waals surface area contributed by atoms with Crippen LogP contribution in [0.3, 0.4) is 0 Å². The van der Waals surface area contributed by atoms with E-state index in [9.17, 15) is 10.1 Å². The molecule has 0 radical (unpaired) electrons. The van der Waals surface area contributed by atoms with Crippen LogP contribution < -0.4 is 4.74 Å². The molecule has 24 heavy (non-hydrogen) atoms. The van der Waals surface area contributed by atoms with Crippen molar-refractivity contribution in [2.24, 2.45) is 0 Å². The summed E-state index contributed by atoms with van der Waals surface area (Å²) in [7, 11) is 4.20. The lowest BCUT2D eigenvalue weighted by molar-refractivity contribution is -0.384. The minimum atomic E-state index is -0.396. The van der Waals surface area contributed by atoms with E-state index in [1.807, 2.05) is 6.07 Å². The van der Waals surface area contributed by atoms with E-state index in [4.69, 9.17) is 4.74 Å². The molecule has 5 heteroatoms. The third-order valence-electron chi connectivity index (χ3n) is 4.69. The highest BCUT2D eigenvalue weighted by atomic mass is 16.6. The fourth-order valence-electron chi connectivity index (χ4n) is 3.28. The van der Waals surface area contributed by atoms with Gasteiger partial charge >= 0.3 is 0 Å². The van der Waals surface area contributed by atoms with Crippen LogP contribution >= 0.6 is 0 Å². The third kappa shape index (κ3) is 3.57. The molecule has 3 rings (SSSR count). The molecule has 0 bridgehead atoms. The highest BCUT2D eigenvalue weighted by Gasteiger charge is 2.27. The molecule has 1 aliphatic carbocycles. The molecule has 2 unspecified atom stereocenters. The van der Waals surface area contributed by atoms with Crippen molar-refractivity contribution in [2.75, 3.05) is 14.1 Å². The molecule has 0 saturated heterocycles. The fraction of sp³-hybridized carbons (Fsp3) is 0.368. The maximum Gasteiger partial charge on any atom is 0.269 e. The Morgan fingerprint density at radius 1 is 1.12 bits per heavy atom. The lowest BCUT2D eigenvalue weighted by Gasteiger charge is -2.27. The number of nitro groups is 1. The van der Waals surface area contributed by atoms with E-state index in [0.717, 1.165) is 19.3 Å². The number of rotatable bonds is 4. The van der Waals surface area contributed by atoms with Crippen LogP contribution in [0.15, 0.2) is 48.5 Å². The number of nitrogens with zero attached hydrogens (tertiary/aromatic N) is 2. The van der Waals surface area contributed by atoms with Crippen molar-refractivity contribution in [3.05, 3.63) is 69.8 Å². The molecular weight excluding hydrogens is 304 g/mol. The summed E-state index contributed by atoms with van der Waals surface area (Å²) in [6.07, 6.45) is 3.00. The van der Waals surface area contributed by atoms with Gasteiger partial charge in [0.1, 0.15) is 11.9 Å². The summed E-state index contributed by atoms with van der Waals surface area (Å²) in [5.74, 6) is 0.666. The molecule has 0 N–H and O–H groups in total. The van der Waals surface area contributed by atoms with Crippen LogP contribution in [0.25, 0.3) is 0 Å². The van der Waals surface area contributed by atoms with Crippen LogP contribution in [0.4, 0.5) is 5.69 Å². The Morgan fingerprint density at radius 2 is 1.83 bits per heavy atom. The van der Waals surface area contributed by atoms with E-state index < -0.39 is 4.92 Å². The number of hydrogen-bond donors (Lipinski definition) is 0. The number of ether oxygens (including phenoxy) is 1. The van der Waals surface area contributed by atoms with Crippen molar-refractivity contribution in [1.29, 1.82) is 0 Å². The van der Waals surface area contributed by atoms with E-state index in [-0.39, 0.29) is 11.8 Å². The number of non-ortho nitro benzene ring substituents is 1. The van der Waals surface area contributed by atoms with Gasteiger partial charge in [0.25, 0.3) is 5.69 Å². The molecule has 126 valence electrons. The first kappa shape index (κ1) is 16.5. The second-order valence-corrected chi connectivity index (χ2v) is 6.45. The molecule has 0 amide bonds. The highest BCUT2D eigenvalue weighted by Crippen LogP contribution is 2.34. The lowest BCUT2D eigenvalue weighted by atomic mass is 10.0. The number of aryl methyl sites for hydroxylation is 1. The lowest BCUT2D eigenvalue weighted by Crippen LogP contribution is -2.30. The van der Waals surface area contributed by atoms with E-state index in [2.05, 4.69) is 37.2 Å². The Hall–Kier alpha value is -2.40. The average Bonchev–Trinajstić information content (AvgIpc) is 2.76. The summed E-state index contributed by atoms with van der Waals surface area (Å²) < 4.78 is 6.23. The van der Waals surface area contributed by atoms with E-state index in [0.29, 0.717) is 11.8 Å². The molecule has 0 heterocycles. The predicted octanol–water partition coefficient (Wildman–Crippen LogP) is 3.98. The molecule has 0 aromatic heterocycles. The van der Waals surface area contributed by atoms with Crippen LogP contribution in [-0.2, 0) is 6.42 Å². The van der Waals surface area contributed by atoms with Gasteiger partial charge in [0, 0.05) is 24.6 Å². The smallest absolute Gasteiger partial charge is 0.269 e. The highest BCUT2D eigenvalue weighted by molar-refractivity contribution is 5.37. The van der Waals surface area contributed by atoms with Gasteiger partial charge in [-0.3, -0.25) is 10.1 Å². The van der Waals surface area contributed by atoms with Crippen molar-refractivity contribution < 1.29 is 9.66 Å². The Kier molecular flexibility index (Phi) is 4.81. The third-order valence-corrected chi connectivity index (χ3v) is 4.69. The van der Waals surface area contributed by atoms with Crippen LogP contribution in [0.2, 0.25) is 0 Å². The molecule has 0 aliphatic heterocycles. The first-order chi connectivity index (χ1) is 11.5. The molecule has 5 nitrogen and oxygen atoms in total. The SMILES string of the molecule is CN(C)C1CCc2ccccc2C(Oc2ccc([N+](=O)[O-])cc2)C1. The minimum Gasteiger partial charge on any atom is -0.486 e. The van der Waals surface area contributed by atoms with Crippen LogP contribution in [0.5, 0.6) is 5.75 Å². The van der Waals surface area contributed by atoms with Gasteiger partial charge < -0.3 is 9.64 Å². The summed E-state index contributed by atoms with van der Waals surface area (Å²) in [6, 6.07) is 15.2. The zero-order chi connectivity index (χ0) is 17.1. The average molecular weight is 326 g/mol. The number of fused-ring (bicyclic) bond motifs is 1. The Bertz CT molecular complexity index is 713. The van der Waals surface area contributed by atoms with Crippen molar-refractivity contribution in [1.82, 2.24) is 4.90 Å². The van der Waals surface area contributed by atoms with Gasteiger partial charge in [0.2, 0.25) is 0 Å². The Balaban J connectivity index is 1.86. The fourth-order valence-corrected chi connectivity index (χ4v) is 3.28. The largest absolute Gasteiger partial charge is 0.486 e. The first-order valence-electron chi connectivity index (χ1n) is 8.20. The maximum atomic E-state index is 10.8. The normalized spacial score (nSPS) is 20.3. The van der Waals surface area contributed by atoms with Crippen molar-refractivity contribution in [3.63, 3.8) is 0 Å². The first-order valence-corrected chi connectivity index (χ1v) is 8.20. The minimum absolute atomic E-state index is 0.0439. The van der Waals surface area contributed by atoms with Gasteiger partial charge in [0.05, 0.1) is 4.92 Å². The molecule has 2 aromatic rings. The summed E-state index contributed by atoms with van der Waals surface area (Å²) in [6.45, 7) is 0. The molecule has 2 atom stereocenters. The van der Waals surface area contributed by atoms with Crippen molar-refractivity contribution in [2.45, 2.75) is 31.4 Å². The van der Waals surface area contributed by atoms with Crippen LogP contribution in [-0.4, -0.2) is 30.0 Å². The molecule has 0 spiro atoms. The topological polar surface area (TPSA) is 55.6 Å². The molecule has 0 saturated carbocycles. The van der Waals surface area contributed by atoms with E-state index >= 15 is 0 Å². The van der Waals surface area contributed by atoms with Crippen LogP contribution in [0.1, 0.15) is 30.1 Å². The second kappa shape index (κ2) is 7.01. The maximum absolute atomic E-state index is 10.8. The van der Waals surface area contributed by atoms with Gasteiger partial charge in [-0.1, -0.05) is 24.3 Å². The summed E-state index contributed by atoms with van der Waals surface area (Å²) in [4.78, 5) is 12.6. The monoisotopic (exact) mass is 326 g/mol. The second-order valence-electron chi connectivity index (χ2n) is 6.45. The molecule has 1 aliphatic rings. The quantitative estimate of drug-likeness (QED) is 0.484. The zero-order valence-electron chi connectivity index (χ0n) is 14.0. The molecule has 0 fully saturated rings. The van der Waals surface area contributed by atoms with E-state index in [1.54, 1.807) is 12.1 Å². The summed E-state index contributed by atoms with van der Waals surface area (Å²) in [5, 5.41) is 10.8. The standard InChI is InChI=1S/C19H22N2O3/c1-20(2)16-8-7-14-5-3-4-6-18(14)19(13-16)24-17-11-9-15(10-12-17)21(22)23/h3-6,9-12,16,19H,7-8,13H2,1-2H3. The van der Waals surface area contributed by atoms with Crippen LogP contribution in [0, 0.1) is 10.1 Å². The number of nitro benzene ring substituents is 1. The number of hydrogen-bond acceptors (Lipinski definition) is 4. The Labute approximate surface area is 142 Å². The predicted molar refractivity (Wildman–Crippen MR) is 93.3 cm³/mol. The number of benzene rings is 2. The van der Waals surface area contributed by atoms with Gasteiger partial charge in [0.15, 0.2) is 0 Å². The van der Waals surface area contributed by atoms with Gasteiger partial charge in [-0.05, 0) is 50.2 Å². The molecular formula is C19H22N2O3. The van der Waals surface area contributed by atoms with Gasteiger partial charge in [-0.15, -0.1) is 0 Å². The van der Waals surface area contributed by atoms with E-state index in [1.165, 1.54) is 23.3 Å². The van der Waals surface area contributed by atoms with Crippen molar-refractivity contribution >= 4 is 5.69 Å². The van der Waals surface area contributed by atoms with Crippen molar-refractivity contribution in [3.8, 4) is 5.75 Å². The summed E-state index contributed by atoms with van der Waals surface area (Å²) in [5.41, 5.74) is 2.63. The summed E-state index contributed by atoms with van der Waals surface area (Å²) >= 11 is 0. The Morgan fingerprint density at radius 3 is 2.50 bits per heavy atom. The van der Waals surface area contributed by atoms with Gasteiger partial charge in [-0.2, -0.15) is 0 Å². The zero-order valence-corrected chi connectivity index (χ0v) is 14.0. The molecule has 2 aromatic carbocycles.